The first-order valence-electron chi connectivity index (χ1n) is 9.02. The molecular formula is C21H18ClN3O3S. The molecule has 2 heterocycles. The number of nitrogens with one attached hydrogen (secondary N) is 1. The third kappa shape index (κ3) is 3.75. The molecule has 1 N–H and O–H groups in total. The van der Waals surface area contributed by atoms with Gasteiger partial charge in [-0.25, -0.2) is 5.01 Å². The van der Waals surface area contributed by atoms with Gasteiger partial charge in [0.1, 0.15) is 11.9 Å². The number of halogens is 1. The van der Waals surface area contributed by atoms with Gasteiger partial charge in [0.25, 0.3) is 17.4 Å². The lowest BCUT2D eigenvalue weighted by Crippen LogP contribution is -2.46. The Balaban J connectivity index is 1.62. The SMILES string of the molecule is Cc1cc(=O)n(CC(=O)NN2C(=O)CSC2c2ccccc2)c2c(Cl)cccc12. The van der Waals surface area contributed by atoms with Crippen molar-refractivity contribution in [1.29, 1.82) is 0 Å². The molecule has 2 amide bonds. The van der Waals surface area contributed by atoms with Gasteiger partial charge in [0.2, 0.25) is 0 Å². The molecule has 1 saturated heterocycles. The quantitative estimate of drug-likeness (QED) is 0.693. The predicted octanol–water partition coefficient (Wildman–Crippen LogP) is 3.27. The van der Waals surface area contributed by atoms with Crippen LogP contribution < -0.4 is 11.0 Å². The zero-order valence-electron chi connectivity index (χ0n) is 15.6. The normalized spacial score (nSPS) is 16.4. The highest BCUT2D eigenvalue weighted by atomic mass is 35.5. The highest BCUT2D eigenvalue weighted by Gasteiger charge is 2.34. The minimum atomic E-state index is -0.464. The van der Waals surface area contributed by atoms with Crippen LogP contribution in [0.2, 0.25) is 5.02 Å². The summed E-state index contributed by atoms with van der Waals surface area (Å²) in [7, 11) is 0. The van der Waals surface area contributed by atoms with Gasteiger partial charge in [-0.3, -0.25) is 24.4 Å². The zero-order chi connectivity index (χ0) is 20.5. The maximum atomic E-state index is 12.8. The largest absolute Gasteiger partial charge is 0.297 e. The number of para-hydroxylation sites is 1. The predicted molar refractivity (Wildman–Crippen MR) is 115 cm³/mol. The molecule has 3 aromatic rings. The van der Waals surface area contributed by atoms with E-state index in [1.165, 1.54) is 27.4 Å². The number of hydrogen-bond donors (Lipinski definition) is 1. The Hall–Kier alpha value is -2.77. The fraction of sp³-hybridized carbons (Fsp3) is 0.190. The van der Waals surface area contributed by atoms with Crippen molar-refractivity contribution in [3.8, 4) is 0 Å². The average molecular weight is 428 g/mol. The summed E-state index contributed by atoms with van der Waals surface area (Å²) in [6.45, 7) is 1.59. The van der Waals surface area contributed by atoms with Crippen LogP contribution in [0.3, 0.4) is 0 Å². The molecule has 1 atom stereocenters. The summed E-state index contributed by atoms with van der Waals surface area (Å²) in [4.78, 5) is 37.7. The molecular weight excluding hydrogens is 410 g/mol. The summed E-state index contributed by atoms with van der Waals surface area (Å²) in [6, 6.07) is 16.3. The number of hydrogen-bond acceptors (Lipinski definition) is 4. The van der Waals surface area contributed by atoms with Crippen LogP contribution in [0.25, 0.3) is 10.9 Å². The third-order valence-corrected chi connectivity index (χ3v) is 6.30. The second-order valence-electron chi connectivity index (χ2n) is 6.76. The maximum Gasteiger partial charge on any atom is 0.258 e. The number of benzene rings is 2. The second kappa shape index (κ2) is 7.93. The average Bonchev–Trinajstić information content (AvgIpc) is 3.06. The maximum absolute atomic E-state index is 12.8. The number of carbonyl (C=O) groups excluding carboxylic acids is 2. The number of amides is 2. The fourth-order valence-corrected chi connectivity index (χ4v) is 4.82. The Kier molecular flexibility index (Phi) is 5.34. The highest BCUT2D eigenvalue weighted by Crippen LogP contribution is 2.37. The van der Waals surface area contributed by atoms with Crippen molar-refractivity contribution in [3.05, 3.63) is 81.1 Å². The topological polar surface area (TPSA) is 71.4 Å². The number of pyridine rings is 1. The van der Waals surface area contributed by atoms with E-state index in [0.29, 0.717) is 10.5 Å². The van der Waals surface area contributed by atoms with Gasteiger partial charge < -0.3 is 0 Å². The first-order valence-corrected chi connectivity index (χ1v) is 10.4. The number of aromatic nitrogens is 1. The van der Waals surface area contributed by atoms with Crippen LogP contribution in [0.5, 0.6) is 0 Å². The smallest absolute Gasteiger partial charge is 0.258 e. The van der Waals surface area contributed by atoms with Gasteiger partial charge in [0.05, 0.1) is 16.3 Å². The molecule has 8 heteroatoms. The number of thioether (sulfide) groups is 1. The number of hydrazine groups is 1. The summed E-state index contributed by atoms with van der Waals surface area (Å²) in [5.41, 5.74) is 4.58. The summed E-state index contributed by atoms with van der Waals surface area (Å²) in [5, 5.41) is 2.24. The summed E-state index contributed by atoms with van der Waals surface area (Å²) < 4.78 is 1.34. The van der Waals surface area contributed by atoms with Crippen molar-refractivity contribution in [3.63, 3.8) is 0 Å². The lowest BCUT2D eigenvalue weighted by atomic mass is 10.1. The summed E-state index contributed by atoms with van der Waals surface area (Å²) in [6.07, 6.45) is 0. The minimum absolute atomic E-state index is 0.184. The molecule has 1 unspecified atom stereocenters. The Labute approximate surface area is 176 Å². The molecule has 6 nitrogen and oxygen atoms in total. The van der Waals surface area contributed by atoms with Gasteiger partial charge in [0, 0.05) is 11.5 Å². The van der Waals surface area contributed by atoms with E-state index in [1.54, 1.807) is 12.1 Å². The molecule has 0 saturated carbocycles. The van der Waals surface area contributed by atoms with Crippen molar-refractivity contribution in [2.45, 2.75) is 18.8 Å². The zero-order valence-corrected chi connectivity index (χ0v) is 17.2. The molecule has 0 radical (unpaired) electrons. The van der Waals surface area contributed by atoms with Crippen molar-refractivity contribution in [2.75, 3.05) is 5.75 Å². The molecule has 2 aromatic carbocycles. The summed E-state index contributed by atoms with van der Waals surface area (Å²) in [5.74, 6) is -0.371. The third-order valence-electron chi connectivity index (χ3n) is 4.79. The number of nitrogens with zero attached hydrogens (tertiary/aromatic N) is 2. The standard InChI is InChI=1S/C21H18ClN3O3S/c1-13-10-18(27)24(20-15(13)8-5-9-16(20)22)11-17(26)23-25-19(28)12-29-21(25)14-6-3-2-4-7-14/h2-10,21H,11-12H2,1H3,(H,23,26). The molecule has 0 spiro atoms. The van der Waals surface area contributed by atoms with E-state index < -0.39 is 5.91 Å². The first-order chi connectivity index (χ1) is 14.0. The Morgan fingerprint density at radius 2 is 1.93 bits per heavy atom. The molecule has 1 aliphatic heterocycles. The van der Waals surface area contributed by atoms with Gasteiger partial charge in [-0.2, -0.15) is 0 Å². The van der Waals surface area contributed by atoms with E-state index in [-0.39, 0.29) is 29.1 Å². The molecule has 1 aromatic heterocycles. The molecule has 29 heavy (non-hydrogen) atoms. The molecule has 0 bridgehead atoms. The van der Waals surface area contributed by atoms with Crippen LogP contribution in [-0.4, -0.2) is 27.1 Å². The molecule has 148 valence electrons. The van der Waals surface area contributed by atoms with Crippen molar-refractivity contribution in [2.24, 2.45) is 0 Å². The first kappa shape index (κ1) is 19.5. The van der Waals surface area contributed by atoms with Crippen LogP contribution in [0.1, 0.15) is 16.5 Å². The Bertz CT molecular complexity index is 1160. The van der Waals surface area contributed by atoms with Gasteiger partial charge in [0.15, 0.2) is 0 Å². The fourth-order valence-electron chi connectivity index (χ4n) is 3.44. The van der Waals surface area contributed by atoms with Crippen LogP contribution >= 0.6 is 23.4 Å². The Morgan fingerprint density at radius 1 is 1.17 bits per heavy atom. The van der Waals surface area contributed by atoms with Crippen molar-refractivity contribution >= 4 is 46.1 Å². The van der Waals surface area contributed by atoms with Crippen LogP contribution in [0, 0.1) is 6.92 Å². The van der Waals surface area contributed by atoms with Crippen LogP contribution in [-0.2, 0) is 16.1 Å². The number of carbonyl (C=O) groups is 2. The van der Waals surface area contributed by atoms with E-state index >= 15 is 0 Å². The second-order valence-corrected chi connectivity index (χ2v) is 8.24. The van der Waals surface area contributed by atoms with Gasteiger partial charge >= 0.3 is 0 Å². The lowest BCUT2D eigenvalue weighted by Gasteiger charge is -2.25. The summed E-state index contributed by atoms with van der Waals surface area (Å²) >= 11 is 7.77. The van der Waals surface area contributed by atoms with Gasteiger partial charge in [-0.15, -0.1) is 11.8 Å². The van der Waals surface area contributed by atoms with Crippen molar-refractivity contribution in [1.82, 2.24) is 15.0 Å². The van der Waals surface area contributed by atoms with E-state index in [9.17, 15) is 14.4 Å². The highest BCUT2D eigenvalue weighted by molar-refractivity contribution is 8.00. The van der Waals surface area contributed by atoms with Crippen LogP contribution in [0.4, 0.5) is 0 Å². The molecule has 0 aliphatic carbocycles. The Morgan fingerprint density at radius 3 is 2.69 bits per heavy atom. The monoisotopic (exact) mass is 427 g/mol. The van der Waals surface area contributed by atoms with Gasteiger partial charge in [-0.05, 0) is 24.1 Å². The van der Waals surface area contributed by atoms with Crippen molar-refractivity contribution < 1.29 is 9.59 Å². The lowest BCUT2D eigenvalue weighted by molar-refractivity contribution is -0.139. The number of fused-ring (bicyclic) bond motifs is 1. The van der Waals surface area contributed by atoms with E-state index in [1.807, 2.05) is 43.3 Å². The molecule has 4 rings (SSSR count). The van der Waals surface area contributed by atoms with Crippen LogP contribution in [0.15, 0.2) is 59.4 Å². The molecule has 1 aliphatic rings. The van der Waals surface area contributed by atoms with E-state index in [4.69, 9.17) is 11.6 Å². The van der Waals surface area contributed by atoms with E-state index in [2.05, 4.69) is 5.43 Å². The van der Waals surface area contributed by atoms with E-state index in [0.717, 1.165) is 16.5 Å². The number of aryl methyl sites for hydroxylation is 1. The number of rotatable bonds is 4. The minimum Gasteiger partial charge on any atom is -0.297 e. The molecule has 1 fully saturated rings. The van der Waals surface area contributed by atoms with Gasteiger partial charge in [-0.1, -0.05) is 54.1 Å².